The number of ketones is 1. The molecule has 0 saturated carbocycles. The van der Waals surface area contributed by atoms with Crippen LogP contribution in [0.2, 0.25) is 0 Å². The Kier molecular flexibility index (Phi) is 3.62. The van der Waals surface area contributed by atoms with Gasteiger partial charge in [-0.3, -0.25) is 9.59 Å². The average molecular weight is 315 g/mol. The lowest BCUT2D eigenvalue weighted by atomic mass is 9.95. The second-order valence-corrected chi connectivity index (χ2v) is 6.09. The van der Waals surface area contributed by atoms with Crippen molar-refractivity contribution in [1.82, 2.24) is 4.90 Å². The SMILES string of the molecule is O=C1C(=O)N(Cc2ccccc2-c2ccccc2)C2=CC=CCC12. The number of amides is 1. The molecule has 1 atom stereocenters. The molecule has 4 rings (SSSR count). The van der Waals surface area contributed by atoms with Crippen molar-refractivity contribution in [3.8, 4) is 11.1 Å². The van der Waals surface area contributed by atoms with Gasteiger partial charge in [-0.2, -0.15) is 0 Å². The molecule has 3 heteroatoms. The minimum atomic E-state index is -0.391. The molecule has 24 heavy (non-hydrogen) atoms. The highest BCUT2D eigenvalue weighted by molar-refractivity contribution is 6.40. The summed E-state index contributed by atoms with van der Waals surface area (Å²) in [7, 11) is 0. The molecule has 1 aliphatic heterocycles. The summed E-state index contributed by atoms with van der Waals surface area (Å²) in [6.45, 7) is 0.422. The van der Waals surface area contributed by atoms with Gasteiger partial charge in [-0.05, 0) is 29.2 Å². The normalized spacial score (nSPS) is 19.4. The zero-order valence-corrected chi connectivity index (χ0v) is 13.2. The first-order chi connectivity index (χ1) is 11.8. The summed E-state index contributed by atoms with van der Waals surface area (Å²) in [6, 6.07) is 18.1. The van der Waals surface area contributed by atoms with Crippen LogP contribution in [0.5, 0.6) is 0 Å². The highest BCUT2D eigenvalue weighted by Crippen LogP contribution is 2.34. The van der Waals surface area contributed by atoms with Crippen molar-refractivity contribution < 1.29 is 9.59 Å². The van der Waals surface area contributed by atoms with Crippen LogP contribution in [0, 0.1) is 5.92 Å². The molecule has 1 heterocycles. The molecule has 1 unspecified atom stereocenters. The van der Waals surface area contributed by atoms with E-state index in [1.807, 2.05) is 54.6 Å². The van der Waals surface area contributed by atoms with E-state index in [0.29, 0.717) is 13.0 Å². The van der Waals surface area contributed by atoms with Gasteiger partial charge in [-0.1, -0.05) is 66.7 Å². The second-order valence-electron chi connectivity index (χ2n) is 6.09. The highest BCUT2D eigenvalue weighted by Gasteiger charge is 2.43. The van der Waals surface area contributed by atoms with E-state index in [9.17, 15) is 9.59 Å². The summed E-state index contributed by atoms with van der Waals surface area (Å²) in [5.74, 6) is -0.980. The number of nitrogens with zero attached hydrogens (tertiary/aromatic N) is 1. The Labute approximate surface area is 140 Å². The lowest BCUT2D eigenvalue weighted by molar-refractivity contribution is -0.140. The van der Waals surface area contributed by atoms with Gasteiger partial charge < -0.3 is 4.90 Å². The maximum atomic E-state index is 12.4. The molecule has 2 aliphatic rings. The smallest absolute Gasteiger partial charge is 0.295 e. The summed E-state index contributed by atoms with van der Waals surface area (Å²) in [6.07, 6.45) is 6.38. The van der Waals surface area contributed by atoms with Gasteiger partial charge in [0, 0.05) is 5.70 Å². The molecule has 1 fully saturated rings. The van der Waals surface area contributed by atoms with Gasteiger partial charge in [0.2, 0.25) is 5.78 Å². The second kappa shape index (κ2) is 5.93. The maximum Gasteiger partial charge on any atom is 0.295 e. The molecule has 1 saturated heterocycles. The Morgan fingerprint density at radius 3 is 2.54 bits per heavy atom. The molecule has 0 radical (unpaired) electrons. The zero-order valence-electron chi connectivity index (χ0n) is 13.2. The van der Waals surface area contributed by atoms with Crippen LogP contribution in [0.4, 0.5) is 0 Å². The Balaban J connectivity index is 1.72. The number of benzene rings is 2. The summed E-state index contributed by atoms with van der Waals surface area (Å²) < 4.78 is 0. The number of carbonyl (C=O) groups excluding carboxylic acids is 2. The molecule has 0 N–H and O–H groups in total. The van der Waals surface area contributed by atoms with Gasteiger partial charge in [-0.25, -0.2) is 0 Å². The van der Waals surface area contributed by atoms with Gasteiger partial charge in [-0.15, -0.1) is 0 Å². The van der Waals surface area contributed by atoms with Gasteiger partial charge in [0.15, 0.2) is 0 Å². The number of carbonyl (C=O) groups is 2. The third kappa shape index (κ3) is 2.38. The van der Waals surface area contributed by atoms with Crippen LogP contribution < -0.4 is 0 Å². The van der Waals surface area contributed by atoms with Crippen molar-refractivity contribution in [3.05, 3.63) is 84.1 Å². The number of fused-ring (bicyclic) bond motifs is 1. The Morgan fingerprint density at radius 2 is 1.71 bits per heavy atom. The number of Topliss-reactive ketones (excluding diaryl/α,β-unsaturated/α-hetero) is 1. The third-order valence-corrected chi connectivity index (χ3v) is 4.65. The predicted octanol–water partition coefficient (Wildman–Crippen LogP) is 3.72. The van der Waals surface area contributed by atoms with Crippen molar-refractivity contribution in [2.24, 2.45) is 5.92 Å². The van der Waals surface area contributed by atoms with Crippen molar-refractivity contribution in [3.63, 3.8) is 0 Å². The van der Waals surface area contributed by atoms with Crippen molar-refractivity contribution in [1.29, 1.82) is 0 Å². The van der Waals surface area contributed by atoms with Crippen LogP contribution in [0.15, 0.2) is 78.5 Å². The maximum absolute atomic E-state index is 12.4. The molecule has 0 spiro atoms. The number of hydrogen-bond acceptors (Lipinski definition) is 2. The minimum absolute atomic E-state index is 0.289. The topological polar surface area (TPSA) is 37.4 Å². The zero-order chi connectivity index (χ0) is 16.5. The first-order valence-electron chi connectivity index (χ1n) is 8.11. The Hall–Kier alpha value is -2.94. The van der Waals surface area contributed by atoms with E-state index in [2.05, 4.69) is 18.2 Å². The monoisotopic (exact) mass is 315 g/mol. The van der Waals surface area contributed by atoms with E-state index in [0.717, 1.165) is 22.4 Å². The highest BCUT2D eigenvalue weighted by atomic mass is 16.2. The lowest BCUT2D eigenvalue weighted by Crippen LogP contribution is -2.26. The fraction of sp³-hybridized carbons (Fsp3) is 0.143. The molecule has 0 bridgehead atoms. The largest absolute Gasteiger partial charge is 0.304 e. The molecule has 1 aliphatic carbocycles. The lowest BCUT2D eigenvalue weighted by Gasteiger charge is -2.22. The summed E-state index contributed by atoms with van der Waals surface area (Å²) >= 11 is 0. The standard InChI is InChI=1S/C21H17NO2/c23-20-18-12-6-7-13-19(18)22(21(20)24)14-16-10-4-5-11-17(16)15-8-2-1-3-9-15/h1-11,13,18H,12,14H2. The van der Waals surface area contributed by atoms with Crippen molar-refractivity contribution >= 4 is 11.7 Å². The van der Waals surface area contributed by atoms with Crippen molar-refractivity contribution in [2.75, 3.05) is 0 Å². The van der Waals surface area contributed by atoms with Crippen LogP contribution in [-0.4, -0.2) is 16.6 Å². The van der Waals surface area contributed by atoms with Crippen molar-refractivity contribution in [2.45, 2.75) is 13.0 Å². The third-order valence-electron chi connectivity index (χ3n) is 4.65. The van der Waals surface area contributed by atoms with Gasteiger partial charge in [0.25, 0.3) is 5.91 Å². The molecular formula is C21H17NO2. The fourth-order valence-electron chi connectivity index (χ4n) is 3.43. The number of rotatable bonds is 3. The Bertz CT molecular complexity index is 864. The van der Waals surface area contributed by atoms with E-state index >= 15 is 0 Å². The first-order valence-corrected chi connectivity index (χ1v) is 8.11. The quantitative estimate of drug-likeness (QED) is 0.810. The van der Waals surface area contributed by atoms with Crippen LogP contribution in [-0.2, 0) is 16.1 Å². The van der Waals surface area contributed by atoms with Crippen LogP contribution >= 0.6 is 0 Å². The Morgan fingerprint density at radius 1 is 0.958 bits per heavy atom. The van der Waals surface area contributed by atoms with Gasteiger partial charge in [0.05, 0.1) is 12.5 Å². The molecule has 2 aromatic carbocycles. The van der Waals surface area contributed by atoms with E-state index in [-0.39, 0.29) is 11.7 Å². The van der Waals surface area contributed by atoms with E-state index in [4.69, 9.17) is 0 Å². The van der Waals surface area contributed by atoms with Crippen LogP contribution in [0.3, 0.4) is 0 Å². The summed E-state index contributed by atoms with van der Waals surface area (Å²) in [5, 5.41) is 0. The first kappa shape index (κ1) is 14.6. The van der Waals surface area contributed by atoms with Crippen LogP contribution in [0.1, 0.15) is 12.0 Å². The average Bonchev–Trinajstić information content (AvgIpc) is 2.88. The number of allylic oxidation sites excluding steroid dienone is 4. The van der Waals surface area contributed by atoms with Gasteiger partial charge in [0.1, 0.15) is 0 Å². The number of likely N-dealkylation sites (tertiary alicyclic amines) is 1. The van der Waals surface area contributed by atoms with E-state index < -0.39 is 5.91 Å². The predicted molar refractivity (Wildman–Crippen MR) is 92.8 cm³/mol. The molecule has 1 amide bonds. The molecule has 3 nitrogen and oxygen atoms in total. The van der Waals surface area contributed by atoms with E-state index in [1.54, 1.807) is 4.90 Å². The van der Waals surface area contributed by atoms with Gasteiger partial charge >= 0.3 is 0 Å². The van der Waals surface area contributed by atoms with Crippen LogP contribution in [0.25, 0.3) is 11.1 Å². The fourth-order valence-corrected chi connectivity index (χ4v) is 3.43. The molecular weight excluding hydrogens is 298 g/mol. The summed E-state index contributed by atoms with van der Waals surface area (Å²) in [4.78, 5) is 26.3. The number of hydrogen-bond donors (Lipinski definition) is 0. The summed E-state index contributed by atoms with van der Waals surface area (Å²) in [5.41, 5.74) is 4.07. The van der Waals surface area contributed by atoms with E-state index in [1.165, 1.54) is 0 Å². The minimum Gasteiger partial charge on any atom is -0.304 e. The molecule has 2 aromatic rings. The molecule has 118 valence electrons. The molecule has 0 aromatic heterocycles.